The molecule has 2 heterocycles. The lowest BCUT2D eigenvalue weighted by Crippen LogP contribution is -2.13. The van der Waals surface area contributed by atoms with E-state index in [1.165, 1.54) is 25.7 Å². The van der Waals surface area contributed by atoms with Crippen molar-refractivity contribution in [1.82, 2.24) is 20.1 Å². The van der Waals surface area contributed by atoms with E-state index in [1.54, 1.807) is 18.6 Å². The Hall–Kier alpha value is -1.78. The molecule has 2 aliphatic carbocycles. The molecule has 0 saturated heterocycles. The molecule has 2 saturated carbocycles. The molecule has 4 rings (SSSR count). The SMILES string of the molecule is c1cnc(-c2noc(C[C@@H]3C[C@H]4CC[C@@H]3C4)n2)cn1. The standard InChI is InChI=1S/C14H16N4O/c1-2-10-5-9(1)6-11(10)7-13-17-14(18-19-13)12-8-15-3-4-16-12/h3-4,8-11H,1-2,5-7H2/t9-,10+,11-/m0/s1. The van der Waals surface area contributed by atoms with Crippen LogP contribution in [0.1, 0.15) is 31.6 Å². The third-order valence-electron chi connectivity index (χ3n) is 4.58. The molecule has 2 aliphatic rings. The van der Waals surface area contributed by atoms with Crippen molar-refractivity contribution in [2.24, 2.45) is 17.8 Å². The molecule has 2 aromatic heterocycles. The number of aromatic nitrogens is 4. The number of nitrogens with zero attached hydrogens (tertiary/aromatic N) is 4. The molecular weight excluding hydrogens is 240 g/mol. The minimum Gasteiger partial charge on any atom is -0.339 e. The molecule has 0 amide bonds. The Kier molecular flexibility index (Phi) is 2.57. The van der Waals surface area contributed by atoms with E-state index in [2.05, 4.69) is 20.1 Å². The zero-order valence-electron chi connectivity index (χ0n) is 10.7. The Morgan fingerprint density at radius 3 is 2.95 bits per heavy atom. The Labute approximate surface area is 111 Å². The van der Waals surface area contributed by atoms with Gasteiger partial charge in [0.15, 0.2) is 0 Å². The van der Waals surface area contributed by atoms with Crippen molar-refractivity contribution < 1.29 is 4.52 Å². The van der Waals surface area contributed by atoms with Crippen LogP contribution in [0.2, 0.25) is 0 Å². The third kappa shape index (κ3) is 2.03. The summed E-state index contributed by atoms with van der Waals surface area (Å²) in [6.07, 6.45) is 11.4. The van der Waals surface area contributed by atoms with Gasteiger partial charge in [-0.05, 0) is 37.0 Å². The Balaban J connectivity index is 1.50. The number of fused-ring (bicyclic) bond motifs is 2. The molecule has 0 radical (unpaired) electrons. The molecule has 5 heteroatoms. The molecule has 2 bridgehead atoms. The fourth-order valence-corrected chi connectivity index (χ4v) is 3.71. The van der Waals surface area contributed by atoms with Crippen molar-refractivity contribution in [3.63, 3.8) is 0 Å². The average molecular weight is 256 g/mol. The van der Waals surface area contributed by atoms with Gasteiger partial charge in [-0.25, -0.2) is 4.98 Å². The van der Waals surface area contributed by atoms with E-state index >= 15 is 0 Å². The second kappa shape index (κ2) is 4.40. The fourth-order valence-electron chi connectivity index (χ4n) is 3.71. The molecule has 19 heavy (non-hydrogen) atoms. The highest BCUT2D eigenvalue weighted by Gasteiger charge is 2.40. The highest BCUT2D eigenvalue weighted by atomic mass is 16.5. The van der Waals surface area contributed by atoms with E-state index in [4.69, 9.17) is 4.52 Å². The molecule has 2 aromatic rings. The molecule has 5 nitrogen and oxygen atoms in total. The minimum atomic E-state index is 0.547. The van der Waals surface area contributed by atoms with Gasteiger partial charge in [0.2, 0.25) is 11.7 Å². The van der Waals surface area contributed by atoms with Crippen LogP contribution in [0.15, 0.2) is 23.1 Å². The van der Waals surface area contributed by atoms with Gasteiger partial charge in [-0.3, -0.25) is 4.98 Å². The predicted molar refractivity (Wildman–Crippen MR) is 68.0 cm³/mol. The monoisotopic (exact) mass is 256 g/mol. The number of hydrogen-bond acceptors (Lipinski definition) is 5. The lowest BCUT2D eigenvalue weighted by atomic mass is 9.86. The molecule has 98 valence electrons. The Morgan fingerprint density at radius 1 is 1.21 bits per heavy atom. The van der Waals surface area contributed by atoms with Crippen LogP contribution in [0.4, 0.5) is 0 Å². The van der Waals surface area contributed by atoms with Crippen LogP contribution in [0.3, 0.4) is 0 Å². The van der Waals surface area contributed by atoms with Crippen LogP contribution in [0.25, 0.3) is 11.5 Å². The molecule has 0 aromatic carbocycles. The summed E-state index contributed by atoms with van der Waals surface area (Å²) in [4.78, 5) is 12.7. The van der Waals surface area contributed by atoms with E-state index in [9.17, 15) is 0 Å². The Bertz CT molecular complexity index is 568. The zero-order valence-corrected chi connectivity index (χ0v) is 10.7. The van der Waals surface area contributed by atoms with Gasteiger partial charge in [-0.1, -0.05) is 11.6 Å². The van der Waals surface area contributed by atoms with Gasteiger partial charge < -0.3 is 4.52 Å². The first-order valence-electron chi connectivity index (χ1n) is 6.97. The molecule has 0 unspecified atom stereocenters. The molecule has 0 aliphatic heterocycles. The van der Waals surface area contributed by atoms with Gasteiger partial charge in [0, 0.05) is 18.8 Å². The quantitative estimate of drug-likeness (QED) is 0.844. The summed E-state index contributed by atoms with van der Waals surface area (Å²) in [5, 5.41) is 4.00. The van der Waals surface area contributed by atoms with E-state index in [0.717, 1.165) is 30.1 Å². The maximum Gasteiger partial charge on any atom is 0.227 e. The van der Waals surface area contributed by atoms with E-state index in [0.29, 0.717) is 11.5 Å². The minimum absolute atomic E-state index is 0.547. The first-order chi connectivity index (χ1) is 9.38. The van der Waals surface area contributed by atoms with E-state index in [1.807, 2.05) is 0 Å². The van der Waals surface area contributed by atoms with Crippen LogP contribution in [0.5, 0.6) is 0 Å². The van der Waals surface area contributed by atoms with E-state index in [-0.39, 0.29) is 0 Å². The first kappa shape index (κ1) is 11.1. The van der Waals surface area contributed by atoms with Crippen molar-refractivity contribution in [3.8, 4) is 11.5 Å². The maximum absolute atomic E-state index is 5.36. The van der Waals surface area contributed by atoms with Crippen molar-refractivity contribution >= 4 is 0 Å². The summed E-state index contributed by atoms with van der Waals surface area (Å²) in [6, 6.07) is 0. The van der Waals surface area contributed by atoms with Gasteiger partial charge >= 0.3 is 0 Å². The molecular formula is C14H16N4O. The smallest absolute Gasteiger partial charge is 0.227 e. The number of hydrogen-bond donors (Lipinski definition) is 0. The van der Waals surface area contributed by atoms with Crippen LogP contribution in [0, 0.1) is 17.8 Å². The van der Waals surface area contributed by atoms with Crippen molar-refractivity contribution in [3.05, 3.63) is 24.5 Å². The highest BCUT2D eigenvalue weighted by Crippen LogP contribution is 2.49. The second-order valence-corrected chi connectivity index (χ2v) is 5.74. The molecule has 3 atom stereocenters. The number of rotatable bonds is 3. The summed E-state index contributed by atoms with van der Waals surface area (Å²) in [5.41, 5.74) is 0.672. The van der Waals surface area contributed by atoms with Gasteiger partial charge in [-0.2, -0.15) is 4.98 Å². The lowest BCUT2D eigenvalue weighted by molar-refractivity contribution is 0.288. The van der Waals surface area contributed by atoms with E-state index < -0.39 is 0 Å². The Morgan fingerprint density at radius 2 is 2.21 bits per heavy atom. The van der Waals surface area contributed by atoms with Crippen molar-refractivity contribution in [2.45, 2.75) is 32.1 Å². The van der Waals surface area contributed by atoms with Crippen molar-refractivity contribution in [2.75, 3.05) is 0 Å². The zero-order chi connectivity index (χ0) is 12.7. The predicted octanol–water partition coefficient (Wildman–Crippen LogP) is 2.51. The summed E-state index contributed by atoms with van der Waals surface area (Å²) < 4.78 is 5.36. The highest BCUT2D eigenvalue weighted by molar-refractivity contribution is 5.45. The van der Waals surface area contributed by atoms with Crippen molar-refractivity contribution in [1.29, 1.82) is 0 Å². The molecule has 0 spiro atoms. The normalized spacial score (nSPS) is 28.9. The lowest BCUT2D eigenvalue weighted by Gasteiger charge is -2.19. The van der Waals surface area contributed by atoms with Crippen LogP contribution >= 0.6 is 0 Å². The molecule has 0 N–H and O–H groups in total. The largest absolute Gasteiger partial charge is 0.339 e. The van der Waals surface area contributed by atoms with Gasteiger partial charge in [0.25, 0.3) is 0 Å². The summed E-state index contributed by atoms with van der Waals surface area (Å²) in [7, 11) is 0. The summed E-state index contributed by atoms with van der Waals surface area (Å²) in [6.45, 7) is 0. The van der Waals surface area contributed by atoms with Gasteiger partial charge in [0.05, 0.1) is 6.20 Å². The van der Waals surface area contributed by atoms with Gasteiger partial charge in [0.1, 0.15) is 5.69 Å². The first-order valence-corrected chi connectivity index (χ1v) is 6.97. The van der Waals surface area contributed by atoms with Gasteiger partial charge in [-0.15, -0.1) is 0 Å². The maximum atomic E-state index is 5.36. The summed E-state index contributed by atoms with van der Waals surface area (Å²) in [5.74, 6) is 3.88. The average Bonchev–Trinajstić information content (AvgIpc) is 3.16. The molecule has 2 fully saturated rings. The van der Waals surface area contributed by atoms with Crippen LogP contribution in [-0.2, 0) is 6.42 Å². The van der Waals surface area contributed by atoms with Crippen LogP contribution in [-0.4, -0.2) is 20.1 Å². The second-order valence-electron chi connectivity index (χ2n) is 5.74. The fraction of sp³-hybridized carbons (Fsp3) is 0.571. The van der Waals surface area contributed by atoms with Crippen LogP contribution < -0.4 is 0 Å². The topological polar surface area (TPSA) is 64.7 Å². The summed E-state index contributed by atoms with van der Waals surface area (Å²) >= 11 is 0. The third-order valence-corrected chi connectivity index (χ3v) is 4.58.